The SMILES string of the molecule is c1ccc(-c2ccc(-n3c4c(c5ccccc53)-c3ccccc3Sc3ccccc3-4)nc2)nc1. The summed E-state index contributed by atoms with van der Waals surface area (Å²) < 4.78 is 2.31. The van der Waals surface area contributed by atoms with Crippen molar-refractivity contribution in [2.75, 3.05) is 0 Å². The monoisotopic (exact) mass is 453 g/mol. The number of fused-ring (bicyclic) bond motifs is 7. The fourth-order valence-electron chi connectivity index (χ4n) is 4.84. The number of hydrogen-bond acceptors (Lipinski definition) is 3. The highest BCUT2D eigenvalue weighted by Gasteiger charge is 2.27. The lowest BCUT2D eigenvalue weighted by atomic mass is 9.98. The van der Waals surface area contributed by atoms with E-state index in [0.717, 1.165) is 22.6 Å². The van der Waals surface area contributed by atoms with Gasteiger partial charge >= 0.3 is 0 Å². The van der Waals surface area contributed by atoms with Crippen molar-refractivity contribution in [3.63, 3.8) is 0 Å². The van der Waals surface area contributed by atoms with Crippen LogP contribution in [0.3, 0.4) is 0 Å². The Hall–Kier alpha value is -4.15. The van der Waals surface area contributed by atoms with E-state index in [2.05, 4.69) is 94.5 Å². The number of rotatable bonds is 2. The van der Waals surface area contributed by atoms with Crippen LogP contribution in [0, 0.1) is 0 Å². The van der Waals surface area contributed by atoms with Gasteiger partial charge < -0.3 is 0 Å². The molecular formula is C30H19N3S. The quantitative estimate of drug-likeness (QED) is 0.267. The molecule has 3 nitrogen and oxygen atoms in total. The molecule has 0 bridgehead atoms. The average Bonchev–Trinajstić information content (AvgIpc) is 3.17. The number of para-hydroxylation sites is 1. The highest BCUT2D eigenvalue weighted by molar-refractivity contribution is 7.99. The van der Waals surface area contributed by atoms with Gasteiger partial charge in [0.25, 0.3) is 0 Å². The zero-order chi connectivity index (χ0) is 22.5. The molecule has 0 saturated carbocycles. The van der Waals surface area contributed by atoms with Gasteiger partial charge in [-0.3, -0.25) is 9.55 Å². The second-order valence-electron chi connectivity index (χ2n) is 8.29. The topological polar surface area (TPSA) is 30.7 Å². The first-order valence-corrected chi connectivity index (χ1v) is 12.1. The molecule has 3 aromatic carbocycles. The number of hydrogen-bond donors (Lipinski definition) is 0. The lowest BCUT2D eigenvalue weighted by Gasteiger charge is -2.13. The molecule has 6 aromatic rings. The first-order chi connectivity index (χ1) is 16.9. The smallest absolute Gasteiger partial charge is 0.137 e. The average molecular weight is 454 g/mol. The third-order valence-corrected chi connectivity index (χ3v) is 7.48. The maximum atomic E-state index is 4.93. The highest BCUT2D eigenvalue weighted by atomic mass is 32.2. The molecule has 1 aliphatic heterocycles. The molecule has 4 heterocycles. The minimum Gasteiger partial charge on any atom is -0.293 e. The van der Waals surface area contributed by atoms with Crippen LogP contribution in [0.4, 0.5) is 0 Å². The minimum atomic E-state index is 0.899. The van der Waals surface area contributed by atoms with Gasteiger partial charge in [-0.25, -0.2) is 4.98 Å². The molecule has 7 rings (SSSR count). The molecule has 0 fully saturated rings. The second kappa shape index (κ2) is 7.72. The summed E-state index contributed by atoms with van der Waals surface area (Å²) in [5.41, 5.74) is 8.03. The Morgan fingerprint density at radius 3 is 2.15 bits per heavy atom. The molecule has 0 N–H and O–H groups in total. The van der Waals surface area contributed by atoms with Crippen LogP contribution < -0.4 is 0 Å². The van der Waals surface area contributed by atoms with E-state index in [1.165, 1.54) is 37.6 Å². The Labute approximate surface area is 201 Å². The van der Waals surface area contributed by atoms with Crippen molar-refractivity contribution < 1.29 is 0 Å². The Bertz CT molecular complexity index is 1670. The van der Waals surface area contributed by atoms with Crippen LogP contribution in [-0.4, -0.2) is 14.5 Å². The van der Waals surface area contributed by atoms with Gasteiger partial charge in [0.15, 0.2) is 0 Å². The third-order valence-electron chi connectivity index (χ3n) is 6.33. The first-order valence-electron chi connectivity index (χ1n) is 11.3. The van der Waals surface area contributed by atoms with Crippen molar-refractivity contribution in [1.82, 2.24) is 14.5 Å². The second-order valence-corrected chi connectivity index (χ2v) is 9.37. The maximum absolute atomic E-state index is 4.93. The van der Waals surface area contributed by atoms with Gasteiger partial charge in [0.1, 0.15) is 5.82 Å². The van der Waals surface area contributed by atoms with E-state index >= 15 is 0 Å². The predicted molar refractivity (Wildman–Crippen MR) is 139 cm³/mol. The molecule has 0 aliphatic carbocycles. The molecule has 0 saturated heterocycles. The number of aromatic nitrogens is 3. The lowest BCUT2D eigenvalue weighted by molar-refractivity contribution is 1.05. The summed E-state index contributed by atoms with van der Waals surface area (Å²) in [6.45, 7) is 0. The fraction of sp³-hybridized carbons (Fsp3) is 0. The molecule has 0 atom stereocenters. The van der Waals surface area contributed by atoms with Crippen molar-refractivity contribution in [3.05, 3.63) is 116 Å². The van der Waals surface area contributed by atoms with Crippen LogP contribution >= 0.6 is 11.8 Å². The molecule has 160 valence electrons. The van der Waals surface area contributed by atoms with Crippen LogP contribution in [0.1, 0.15) is 0 Å². The van der Waals surface area contributed by atoms with Gasteiger partial charge in [0.05, 0.1) is 16.9 Å². The first kappa shape index (κ1) is 19.3. The molecule has 0 unspecified atom stereocenters. The van der Waals surface area contributed by atoms with Gasteiger partial charge in [-0.1, -0.05) is 72.4 Å². The van der Waals surface area contributed by atoms with Gasteiger partial charge in [0.2, 0.25) is 0 Å². The van der Waals surface area contributed by atoms with E-state index in [0.29, 0.717) is 0 Å². The molecule has 34 heavy (non-hydrogen) atoms. The molecule has 3 aromatic heterocycles. The zero-order valence-corrected chi connectivity index (χ0v) is 19.0. The summed E-state index contributed by atoms with van der Waals surface area (Å²) in [5.74, 6) is 0.899. The zero-order valence-electron chi connectivity index (χ0n) is 18.2. The normalized spacial score (nSPS) is 12.0. The van der Waals surface area contributed by atoms with Gasteiger partial charge in [-0.05, 0) is 48.0 Å². The molecule has 0 spiro atoms. The van der Waals surface area contributed by atoms with Crippen LogP contribution in [0.5, 0.6) is 0 Å². The summed E-state index contributed by atoms with van der Waals surface area (Å²) in [4.78, 5) is 11.9. The van der Waals surface area contributed by atoms with Crippen LogP contribution in [0.25, 0.3) is 50.4 Å². The number of nitrogens with zero attached hydrogens (tertiary/aromatic N) is 3. The number of pyridine rings is 2. The summed E-state index contributed by atoms with van der Waals surface area (Å²) >= 11 is 1.83. The van der Waals surface area contributed by atoms with Gasteiger partial charge in [0, 0.05) is 44.3 Å². The Balaban J connectivity index is 1.56. The summed E-state index contributed by atoms with van der Waals surface area (Å²) in [6.07, 6.45) is 3.73. The van der Waals surface area contributed by atoms with Crippen LogP contribution in [0.2, 0.25) is 0 Å². The Kier molecular flexibility index (Phi) is 4.39. The van der Waals surface area contributed by atoms with Crippen molar-refractivity contribution in [2.24, 2.45) is 0 Å². The fourth-order valence-corrected chi connectivity index (χ4v) is 5.93. The molecule has 1 aliphatic rings. The summed E-state index contributed by atoms with van der Waals surface area (Å²) in [5, 5.41) is 1.23. The Morgan fingerprint density at radius 2 is 1.35 bits per heavy atom. The standard InChI is InChI=1S/C30H19N3S/c1-4-13-25-21(9-1)29-22-10-2-5-14-26(22)34-27-15-6-3-11-23(27)30(29)33(25)28-17-16-20(19-32-28)24-12-7-8-18-31-24/h1-19H. The van der Waals surface area contributed by atoms with Crippen molar-refractivity contribution >= 4 is 22.7 Å². The molecular weight excluding hydrogens is 434 g/mol. The van der Waals surface area contributed by atoms with Crippen LogP contribution in [0.15, 0.2) is 125 Å². The minimum absolute atomic E-state index is 0.899. The lowest BCUT2D eigenvalue weighted by Crippen LogP contribution is -2.00. The maximum Gasteiger partial charge on any atom is 0.137 e. The predicted octanol–water partition coefficient (Wildman–Crippen LogP) is 7.89. The van der Waals surface area contributed by atoms with E-state index in [1.54, 1.807) is 0 Å². The summed E-state index contributed by atoms with van der Waals surface area (Å²) in [6, 6.07) is 36.2. The van der Waals surface area contributed by atoms with Crippen molar-refractivity contribution in [3.8, 4) is 39.5 Å². The van der Waals surface area contributed by atoms with Crippen molar-refractivity contribution in [2.45, 2.75) is 9.79 Å². The largest absolute Gasteiger partial charge is 0.293 e. The molecule has 4 heteroatoms. The molecule has 0 amide bonds. The molecule has 0 radical (unpaired) electrons. The third kappa shape index (κ3) is 2.93. The van der Waals surface area contributed by atoms with E-state index in [1.807, 2.05) is 42.4 Å². The van der Waals surface area contributed by atoms with Crippen molar-refractivity contribution in [1.29, 1.82) is 0 Å². The highest BCUT2D eigenvalue weighted by Crippen LogP contribution is 2.51. The number of benzene rings is 3. The van der Waals surface area contributed by atoms with E-state index in [9.17, 15) is 0 Å². The van der Waals surface area contributed by atoms with Gasteiger partial charge in [-0.15, -0.1) is 0 Å². The van der Waals surface area contributed by atoms with Gasteiger partial charge in [-0.2, -0.15) is 0 Å². The van der Waals surface area contributed by atoms with E-state index < -0.39 is 0 Å². The van der Waals surface area contributed by atoms with E-state index in [4.69, 9.17) is 4.98 Å². The summed E-state index contributed by atoms with van der Waals surface area (Å²) in [7, 11) is 0. The Morgan fingerprint density at radius 1 is 0.618 bits per heavy atom. The van der Waals surface area contributed by atoms with E-state index in [-0.39, 0.29) is 0 Å². The van der Waals surface area contributed by atoms with Crippen LogP contribution in [-0.2, 0) is 0 Å².